The summed E-state index contributed by atoms with van der Waals surface area (Å²) in [6.07, 6.45) is 7.95. The van der Waals surface area contributed by atoms with Gasteiger partial charge in [0.05, 0.1) is 50.1 Å². The first-order chi connectivity index (χ1) is 30.3. The zero-order valence-electron chi connectivity index (χ0n) is 37.4. The molecular formula is C49H60N8O6. The van der Waals surface area contributed by atoms with Crippen molar-refractivity contribution in [2.45, 2.75) is 97.3 Å². The molecule has 14 nitrogen and oxygen atoms in total. The Morgan fingerprint density at radius 2 is 1.27 bits per heavy atom. The number of H-pyrrole nitrogens is 2. The smallest absolute Gasteiger partial charge is 0.407 e. The molecule has 4 N–H and O–H groups in total. The Morgan fingerprint density at radius 1 is 0.730 bits per heavy atom. The van der Waals surface area contributed by atoms with Gasteiger partial charge in [-0.25, -0.2) is 19.6 Å². The lowest BCUT2D eigenvalue weighted by Crippen LogP contribution is -2.51. The Labute approximate surface area is 368 Å². The first kappa shape index (κ1) is 43.5. The van der Waals surface area contributed by atoms with Crippen molar-refractivity contribution in [1.29, 1.82) is 0 Å². The third kappa shape index (κ3) is 8.90. The van der Waals surface area contributed by atoms with Gasteiger partial charge in [0.15, 0.2) is 0 Å². The van der Waals surface area contributed by atoms with Gasteiger partial charge >= 0.3 is 12.2 Å². The number of nitrogens with one attached hydrogen (secondary N) is 4. The minimum absolute atomic E-state index is 0.0634. The number of likely N-dealkylation sites (tertiary alicyclic amines) is 2. The van der Waals surface area contributed by atoms with Gasteiger partial charge in [0.25, 0.3) is 0 Å². The van der Waals surface area contributed by atoms with Gasteiger partial charge in [-0.05, 0) is 88.4 Å². The topological polar surface area (TPSA) is 175 Å². The number of hydrogen-bond acceptors (Lipinski definition) is 8. The van der Waals surface area contributed by atoms with Gasteiger partial charge in [0.1, 0.15) is 23.7 Å². The van der Waals surface area contributed by atoms with E-state index in [1.807, 2.05) is 49.9 Å². The van der Waals surface area contributed by atoms with Crippen LogP contribution in [0.25, 0.3) is 44.4 Å². The monoisotopic (exact) mass is 856 g/mol. The van der Waals surface area contributed by atoms with Crippen molar-refractivity contribution in [3.05, 3.63) is 84.7 Å². The lowest BCUT2D eigenvalue weighted by atomic mass is 9.97. The summed E-state index contributed by atoms with van der Waals surface area (Å²) in [5.41, 5.74) is 6.05. The van der Waals surface area contributed by atoms with Crippen LogP contribution in [0, 0.1) is 23.2 Å². The fourth-order valence-corrected chi connectivity index (χ4v) is 9.46. The molecule has 0 unspecified atom stereocenters. The maximum Gasteiger partial charge on any atom is 0.407 e. The van der Waals surface area contributed by atoms with E-state index in [9.17, 15) is 19.2 Å². The second kappa shape index (κ2) is 17.9. The number of ether oxygens (including phenoxy) is 2. The van der Waals surface area contributed by atoms with E-state index in [1.54, 1.807) is 0 Å². The van der Waals surface area contributed by atoms with E-state index in [-0.39, 0.29) is 41.1 Å². The highest BCUT2D eigenvalue weighted by Crippen LogP contribution is 2.58. The van der Waals surface area contributed by atoms with Crippen LogP contribution in [0.1, 0.15) is 96.9 Å². The van der Waals surface area contributed by atoms with Crippen LogP contribution in [0.5, 0.6) is 0 Å². The molecule has 1 spiro atoms. The second-order valence-corrected chi connectivity index (χ2v) is 18.3. The minimum atomic E-state index is -0.687. The third-order valence-electron chi connectivity index (χ3n) is 13.8. The summed E-state index contributed by atoms with van der Waals surface area (Å²) in [4.78, 5) is 72.7. The van der Waals surface area contributed by atoms with Crippen LogP contribution in [0.15, 0.2) is 73.1 Å². The van der Waals surface area contributed by atoms with E-state index < -0.39 is 24.3 Å². The second-order valence-electron chi connectivity index (χ2n) is 18.3. The predicted octanol–water partition coefficient (Wildman–Crippen LogP) is 8.79. The zero-order chi connectivity index (χ0) is 44.6. The first-order valence-corrected chi connectivity index (χ1v) is 22.4. The number of benzene rings is 3. The normalized spacial score (nSPS) is 20.5. The Bertz CT molecular complexity index is 2470. The number of carbonyl (C=O) groups excluding carboxylic acids is 4. The molecule has 14 heteroatoms. The van der Waals surface area contributed by atoms with E-state index in [0.29, 0.717) is 19.0 Å². The molecule has 2 aromatic heterocycles. The highest BCUT2D eigenvalue weighted by molar-refractivity contribution is 5.91. The van der Waals surface area contributed by atoms with Crippen LogP contribution >= 0.6 is 0 Å². The van der Waals surface area contributed by atoms with Crippen LogP contribution in [0.4, 0.5) is 9.59 Å². The molecule has 3 aromatic carbocycles. The average molecular weight is 857 g/mol. The summed E-state index contributed by atoms with van der Waals surface area (Å²) in [6, 6.07) is 19.5. The van der Waals surface area contributed by atoms with Gasteiger partial charge in [0.2, 0.25) is 11.8 Å². The molecular weight excluding hydrogens is 797 g/mol. The molecule has 3 fully saturated rings. The average Bonchev–Trinajstić information content (AvgIpc) is 3.80. The van der Waals surface area contributed by atoms with E-state index in [1.165, 1.54) is 14.2 Å². The molecule has 1 saturated carbocycles. The highest BCUT2D eigenvalue weighted by atomic mass is 16.5. The third-order valence-corrected chi connectivity index (χ3v) is 13.8. The van der Waals surface area contributed by atoms with E-state index in [4.69, 9.17) is 19.4 Å². The van der Waals surface area contributed by atoms with Crippen molar-refractivity contribution in [3.8, 4) is 33.6 Å². The van der Waals surface area contributed by atoms with Crippen molar-refractivity contribution in [2.24, 2.45) is 23.2 Å². The molecule has 4 amide bonds. The Kier molecular flexibility index (Phi) is 12.3. The fourth-order valence-electron chi connectivity index (χ4n) is 9.46. The predicted molar refractivity (Wildman–Crippen MR) is 241 cm³/mol. The zero-order valence-corrected chi connectivity index (χ0v) is 37.4. The number of amides is 4. The summed E-state index contributed by atoms with van der Waals surface area (Å²) in [6.45, 7) is 11.2. The van der Waals surface area contributed by atoms with Crippen molar-refractivity contribution < 1.29 is 28.7 Å². The largest absolute Gasteiger partial charge is 0.453 e. The highest BCUT2D eigenvalue weighted by Gasteiger charge is 2.55. The van der Waals surface area contributed by atoms with Gasteiger partial charge in [-0.1, -0.05) is 96.0 Å². The molecule has 1 aliphatic carbocycles. The van der Waals surface area contributed by atoms with Crippen LogP contribution in [0.3, 0.4) is 0 Å². The summed E-state index contributed by atoms with van der Waals surface area (Å²) in [7, 11) is 2.62. The Morgan fingerprint density at radius 3 is 1.86 bits per heavy atom. The molecule has 3 aliphatic rings. The van der Waals surface area contributed by atoms with Crippen molar-refractivity contribution in [3.63, 3.8) is 0 Å². The SMILES string of the molecule is CC[C@H]1C[C@@H](c2ncc(-c3ccc4cc(-c5ccc(-c6cnc([C@@H]7CC8(CC8)CN7C(=O)[C@@H](NC(=O)OC)C(C)C)[nH]6)cc5)ccc4c3)[nH]2)N(C(=O)[C@@H](NC(=O)OC)[C@@H](C)CC)C1. The number of methoxy groups -OCH3 is 2. The summed E-state index contributed by atoms with van der Waals surface area (Å²) in [5.74, 6) is 1.44. The van der Waals surface area contributed by atoms with Crippen LogP contribution < -0.4 is 10.6 Å². The molecule has 332 valence electrons. The summed E-state index contributed by atoms with van der Waals surface area (Å²) >= 11 is 0. The maximum absolute atomic E-state index is 14.0. The molecule has 8 rings (SSSR count). The number of carbonyl (C=O) groups is 4. The number of aromatic nitrogens is 4. The fraction of sp³-hybridized carbons (Fsp3) is 0.469. The van der Waals surface area contributed by atoms with Crippen LogP contribution in [-0.4, -0.2) is 93.1 Å². The van der Waals surface area contributed by atoms with E-state index in [2.05, 4.69) is 88.2 Å². The Balaban J connectivity index is 0.962. The van der Waals surface area contributed by atoms with Gasteiger partial charge in [-0.3, -0.25) is 9.59 Å². The van der Waals surface area contributed by atoms with Gasteiger partial charge in [-0.2, -0.15) is 0 Å². The molecule has 4 heterocycles. The van der Waals surface area contributed by atoms with E-state index >= 15 is 0 Å². The summed E-state index contributed by atoms with van der Waals surface area (Å²) in [5, 5.41) is 7.74. The van der Waals surface area contributed by atoms with Gasteiger partial charge in [-0.15, -0.1) is 0 Å². The minimum Gasteiger partial charge on any atom is -0.453 e. The number of fused-ring (bicyclic) bond motifs is 1. The number of rotatable bonds is 13. The molecule has 2 saturated heterocycles. The lowest BCUT2D eigenvalue weighted by molar-refractivity contribution is -0.136. The number of imidazole rings is 2. The number of aromatic amines is 2. The van der Waals surface area contributed by atoms with E-state index in [0.717, 1.165) is 94.6 Å². The first-order valence-electron chi connectivity index (χ1n) is 22.4. The van der Waals surface area contributed by atoms with Gasteiger partial charge < -0.3 is 39.9 Å². The number of nitrogens with zero attached hydrogens (tertiary/aromatic N) is 4. The molecule has 0 radical (unpaired) electrons. The van der Waals surface area contributed by atoms with Crippen LogP contribution in [-0.2, 0) is 19.1 Å². The lowest BCUT2D eigenvalue weighted by Gasteiger charge is -2.31. The quantitative estimate of drug-likeness (QED) is 0.0909. The number of alkyl carbamates (subject to hydrolysis) is 2. The molecule has 5 aromatic rings. The molecule has 2 aliphatic heterocycles. The molecule has 63 heavy (non-hydrogen) atoms. The number of hydrogen-bond donors (Lipinski definition) is 4. The standard InChI is InChI=1S/C49H60N8O6/c1-8-29(5)42(55-48(61)63-7)46(59)56-26-30(9-2)20-39(56)43-50-25-38(53-43)36-17-16-34-21-33(14-15-35(34)22-36)31-10-12-32(13-11-31)37-24-51-44(52-37)40-23-49(18-19-49)27-57(40)45(58)41(28(3)4)54-47(60)62-6/h10-17,21-22,24-25,28-30,39-42H,8-9,18-20,23,26-27H2,1-7H3,(H,50,53)(H,51,52)(H,54,60)(H,55,61)/t29-,30-,39-,40-,41-,42-/m0/s1. The van der Waals surface area contributed by atoms with Crippen molar-refractivity contribution >= 4 is 34.8 Å². The summed E-state index contributed by atoms with van der Waals surface area (Å²) < 4.78 is 9.68. The van der Waals surface area contributed by atoms with Crippen molar-refractivity contribution in [1.82, 2.24) is 40.4 Å². The van der Waals surface area contributed by atoms with Crippen molar-refractivity contribution in [2.75, 3.05) is 27.3 Å². The molecule has 6 atom stereocenters. The molecule has 0 bridgehead atoms. The Hall–Kier alpha value is -6.18. The van der Waals surface area contributed by atoms with Crippen LogP contribution in [0.2, 0.25) is 0 Å². The van der Waals surface area contributed by atoms with Gasteiger partial charge in [0, 0.05) is 18.7 Å². The maximum atomic E-state index is 14.0.